The zero-order chi connectivity index (χ0) is 9.40. The Bertz CT molecular complexity index is 122. The van der Waals surface area contributed by atoms with Crippen molar-refractivity contribution >= 4 is 5.97 Å². The molecule has 0 aliphatic heterocycles. The van der Waals surface area contributed by atoms with E-state index in [4.69, 9.17) is 4.74 Å². The number of esters is 1. The van der Waals surface area contributed by atoms with Crippen LogP contribution in [0.4, 0.5) is 0 Å². The van der Waals surface area contributed by atoms with Gasteiger partial charge < -0.3 is 10.1 Å². The van der Waals surface area contributed by atoms with Gasteiger partial charge in [-0.2, -0.15) is 0 Å². The molecule has 0 radical (unpaired) electrons. The second-order valence-corrected chi connectivity index (χ2v) is 2.77. The summed E-state index contributed by atoms with van der Waals surface area (Å²) >= 11 is 0. The lowest BCUT2D eigenvalue weighted by Gasteiger charge is -2.12. The van der Waals surface area contributed by atoms with Crippen molar-refractivity contribution in [1.82, 2.24) is 5.32 Å². The number of ether oxygens (including phenoxy) is 1. The third kappa shape index (κ3) is 6.58. The molecule has 0 bridgehead atoms. The van der Waals surface area contributed by atoms with Gasteiger partial charge in [0.1, 0.15) is 6.04 Å². The number of unbranched alkanes of at least 4 members (excludes halogenated alkanes) is 1. The summed E-state index contributed by atoms with van der Waals surface area (Å²) in [6.07, 6.45) is 2.79. The molecule has 0 aliphatic rings. The van der Waals surface area contributed by atoms with E-state index in [2.05, 4.69) is 12.2 Å². The molecule has 0 heterocycles. The van der Waals surface area contributed by atoms with Gasteiger partial charge in [-0.05, 0) is 19.9 Å². The van der Waals surface area contributed by atoms with Gasteiger partial charge in [0, 0.05) is 0 Å². The van der Waals surface area contributed by atoms with Crippen molar-refractivity contribution in [2.24, 2.45) is 0 Å². The van der Waals surface area contributed by atoms with Crippen LogP contribution in [0.5, 0.6) is 0 Å². The molecule has 13 heavy (non-hydrogen) atoms. The SMILES string of the molecule is C.CCCCOC(=O)C(CC)NC. The van der Waals surface area contributed by atoms with Crippen LogP contribution in [0.1, 0.15) is 40.5 Å². The fraction of sp³-hybridized carbons (Fsp3) is 0.900. The van der Waals surface area contributed by atoms with Crippen molar-refractivity contribution in [1.29, 1.82) is 0 Å². The number of carbonyl (C=O) groups is 1. The molecule has 0 spiro atoms. The molecule has 0 saturated carbocycles. The Morgan fingerprint density at radius 2 is 2.08 bits per heavy atom. The van der Waals surface area contributed by atoms with Crippen LogP contribution in [-0.2, 0) is 9.53 Å². The van der Waals surface area contributed by atoms with E-state index >= 15 is 0 Å². The Hall–Kier alpha value is -0.570. The van der Waals surface area contributed by atoms with Crippen LogP contribution < -0.4 is 5.32 Å². The zero-order valence-corrected chi connectivity index (χ0v) is 8.22. The maximum absolute atomic E-state index is 11.2. The first-order chi connectivity index (χ1) is 5.76. The summed E-state index contributed by atoms with van der Waals surface area (Å²) in [6.45, 7) is 4.58. The topological polar surface area (TPSA) is 38.3 Å². The monoisotopic (exact) mass is 189 g/mol. The molecular formula is C10H23NO2. The molecule has 0 amide bonds. The Morgan fingerprint density at radius 1 is 1.46 bits per heavy atom. The quantitative estimate of drug-likeness (QED) is 0.513. The molecule has 3 nitrogen and oxygen atoms in total. The molecule has 0 rings (SSSR count). The van der Waals surface area contributed by atoms with Crippen LogP contribution in [0.15, 0.2) is 0 Å². The van der Waals surface area contributed by atoms with E-state index in [1.807, 2.05) is 6.92 Å². The maximum atomic E-state index is 11.2. The lowest BCUT2D eigenvalue weighted by molar-refractivity contribution is -0.146. The lowest BCUT2D eigenvalue weighted by Crippen LogP contribution is -2.34. The first kappa shape index (κ1) is 14.9. The lowest BCUT2D eigenvalue weighted by atomic mass is 10.2. The zero-order valence-electron chi connectivity index (χ0n) is 8.22. The van der Waals surface area contributed by atoms with Gasteiger partial charge in [0.15, 0.2) is 0 Å². The van der Waals surface area contributed by atoms with E-state index in [9.17, 15) is 4.79 Å². The van der Waals surface area contributed by atoms with Gasteiger partial charge in [-0.1, -0.05) is 27.7 Å². The third-order valence-corrected chi connectivity index (χ3v) is 1.78. The standard InChI is InChI=1S/C9H19NO2.CH4/c1-4-6-7-12-9(11)8(5-2)10-3;/h8,10H,4-7H2,1-3H3;1H4. The average molecular weight is 189 g/mol. The predicted molar refractivity (Wildman–Crippen MR) is 55.7 cm³/mol. The molecule has 0 aromatic rings. The van der Waals surface area contributed by atoms with Crippen molar-refractivity contribution < 1.29 is 9.53 Å². The van der Waals surface area contributed by atoms with Crippen molar-refractivity contribution in [3.05, 3.63) is 0 Å². The van der Waals surface area contributed by atoms with Gasteiger partial charge in [0.25, 0.3) is 0 Å². The minimum Gasteiger partial charge on any atom is -0.465 e. The van der Waals surface area contributed by atoms with E-state index in [0.717, 1.165) is 19.3 Å². The molecule has 80 valence electrons. The van der Waals surface area contributed by atoms with Gasteiger partial charge >= 0.3 is 5.97 Å². The van der Waals surface area contributed by atoms with E-state index in [0.29, 0.717) is 6.61 Å². The summed E-state index contributed by atoms with van der Waals surface area (Å²) in [7, 11) is 1.77. The summed E-state index contributed by atoms with van der Waals surface area (Å²) in [6, 6.07) is -0.137. The fourth-order valence-electron chi connectivity index (χ4n) is 0.906. The molecule has 1 N–H and O–H groups in total. The first-order valence-corrected chi connectivity index (χ1v) is 4.60. The van der Waals surface area contributed by atoms with Crippen LogP contribution in [0, 0.1) is 0 Å². The van der Waals surface area contributed by atoms with Crippen LogP contribution in [-0.4, -0.2) is 25.7 Å². The number of nitrogens with one attached hydrogen (secondary N) is 1. The van der Waals surface area contributed by atoms with Gasteiger partial charge in [0.2, 0.25) is 0 Å². The largest absolute Gasteiger partial charge is 0.465 e. The number of rotatable bonds is 6. The molecular weight excluding hydrogens is 166 g/mol. The summed E-state index contributed by atoms with van der Waals surface area (Å²) in [5.41, 5.74) is 0. The Labute approximate surface area is 81.9 Å². The molecule has 1 atom stereocenters. The van der Waals surface area contributed by atoms with E-state index in [1.54, 1.807) is 7.05 Å². The molecule has 3 heteroatoms. The van der Waals surface area contributed by atoms with Gasteiger partial charge in [-0.25, -0.2) is 0 Å². The van der Waals surface area contributed by atoms with Gasteiger partial charge in [-0.3, -0.25) is 4.79 Å². The average Bonchev–Trinajstić information content (AvgIpc) is 2.07. The van der Waals surface area contributed by atoms with Crippen LogP contribution in [0.2, 0.25) is 0 Å². The van der Waals surface area contributed by atoms with E-state index in [-0.39, 0.29) is 19.4 Å². The smallest absolute Gasteiger partial charge is 0.323 e. The summed E-state index contributed by atoms with van der Waals surface area (Å²) in [5.74, 6) is -0.131. The van der Waals surface area contributed by atoms with E-state index < -0.39 is 0 Å². The highest BCUT2D eigenvalue weighted by Gasteiger charge is 2.14. The highest BCUT2D eigenvalue weighted by Crippen LogP contribution is 1.95. The van der Waals surface area contributed by atoms with Crippen LogP contribution in [0.3, 0.4) is 0 Å². The van der Waals surface area contributed by atoms with Crippen LogP contribution >= 0.6 is 0 Å². The normalized spacial score (nSPS) is 11.6. The molecule has 0 fully saturated rings. The number of likely N-dealkylation sites (N-methyl/N-ethyl adjacent to an activating group) is 1. The van der Waals surface area contributed by atoms with Crippen molar-refractivity contribution in [2.75, 3.05) is 13.7 Å². The Morgan fingerprint density at radius 3 is 2.46 bits per heavy atom. The minimum atomic E-state index is -0.137. The number of carbonyl (C=O) groups excluding carboxylic acids is 1. The second-order valence-electron chi connectivity index (χ2n) is 2.77. The molecule has 1 unspecified atom stereocenters. The van der Waals surface area contributed by atoms with Gasteiger partial charge in [0.05, 0.1) is 6.61 Å². The predicted octanol–water partition coefficient (Wildman–Crippen LogP) is 1.96. The fourth-order valence-corrected chi connectivity index (χ4v) is 0.906. The molecule has 0 aromatic heterocycles. The molecule has 0 saturated heterocycles. The highest BCUT2D eigenvalue weighted by molar-refractivity contribution is 5.75. The number of hydrogen-bond donors (Lipinski definition) is 1. The van der Waals surface area contributed by atoms with Crippen LogP contribution in [0.25, 0.3) is 0 Å². The summed E-state index contributed by atoms with van der Waals surface area (Å²) < 4.78 is 5.02. The molecule has 0 aliphatic carbocycles. The van der Waals surface area contributed by atoms with Crippen molar-refractivity contribution in [3.8, 4) is 0 Å². The maximum Gasteiger partial charge on any atom is 0.323 e. The summed E-state index contributed by atoms with van der Waals surface area (Å²) in [5, 5.41) is 2.90. The van der Waals surface area contributed by atoms with Crippen molar-refractivity contribution in [2.45, 2.75) is 46.6 Å². The first-order valence-electron chi connectivity index (χ1n) is 4.60. The second kappa shape index (κ2) is 9.52. The van der Waals surface area contributed by atoms with Gasteiger partial charge in [-0.15, -0.1) is 0 Å². The van der Waals surface area contributed by atoms with E-state index in [1.165, 1.54) is 0 Å². The minimum absolute atomic E-state index is 0. The Balaban J connectivity index is 0. The Kier molecular flexibility index (Phi) is 10.9. The third-order valence-electron chi connectivity index (χ3n) is 1.78. The molecule has 0 aromatic carbocycles. The summed E-state index contributed by atoms with van der Waals surface area (Å²) in [4.78, 5) is 11.2. The highest BCUT2D eigenvalue weighted by atomic mass is 16.5. The number of hydrogen-bond acceptors (Lipinski definition) is 3. The van der Waals surface area contributed by atoms with Crippen molar-refractivity contribution in [3.63, 3.8) is 0 Å².